The summed E-state index contributed by atoms with van der Waals surface area (Å²) in [4.78, 5) is 33.7. The van der Waals surface area contributed by atoms with Crippen molar-refractivity contribution in [2.24, 2.45) is 5.92 Å². The van der Waals surface area contributed by atoms with Gasteiger partial charge in [-0.3, -0.25) is 14.7 Å². The number of aromatic nitrogens is 3. The van der Waals surface area contributed by atoms with Gasteiger partial charge in [-0.1, -0.05) is 0 Å². The first kappa shape index (κ1) is 17.2. The SMILES string of the molecule is O=C(CCCc1cn[nH]c1)N1C[C@@H]2CC[C@H](C1)N(Cc1cscn1)C2=O. The Bertz CT molecular complexity index is 746. The topological polar surface area (TPSA) is 82.2 Å². The number of nitrogens with one attached hydrogen (secondary N) is 1. The zero-order valence-electron chi connectivity index (χ0n) is 14.6. The lowest BCUT2D eigenvalue weighted by atomic mass is 9.94. The average molecular weight is 373 g/mol. The highest BCUT2D eigenvalue weighted by Gasteiger charge is 2.41. The number of carbonyl (C=O) groups excluding carboxylic acids is 2. The number of aryl methyl sites for hydroxylation is 1. The molecule has 0 unspecified atom stereocenters. The molecule has 3 aliphatic rings. The number of fused-ring (bicyclic) bond motifs is 4. The summed E-state index contributed by atoms with van der Waals surface area (Å²) in [5, 5.41) is 8.71. The zero-order valence-corrected chi connectivity index (χ0v) is 15.5. The molecular weight excluding hydrogens is 350 g/mol. The van der Waals surface area contributed by atoms with E-state index in [0.717, 1.165) is 36.9 Å². The Morgan fingerprint density at radius 3 is 3.04 bits per heavy atom. The van der Waals surface area contributed by atoms with Crippen LogP contribution in [0, 0.1) is 5.92 Å². The second-order valence-corrected chi connectivity index (χ2v) is 7.85. The first-order chi connectivity index (χ1) is 12.7. The molecule has 2 aromatic rings. The van der Waals surface area contributed by atoms with Gasteiger partial charge in [0, 0.05) is 37.1 Å². The van der Waals surface area contributed by atoms with Gasteiger partial charge in [0.25, 0.3) is 0 Å². The van der Waals surface area contributed by atoms with Crippen LogP contribution in [-0.4, -0.2) is 55.9 Å². The summed E-state index contributed by atoms with van der Waals surface area (Å²) in [6.07, 6.45) is 7.69. The van der Waals surface area contributed by atoms with Crippen molar-refractivity contribution < 1.29 is 9.59 Å². The van der Waals surface area contributed by atoms with Crippen molar-refractivity contribution >= 4 is 23.2 Å². The quantitative estimate of drug-likeness (QED) is 0.838. The monoisotopic (exact) mass is 373 g/mol. The van der Waals surface area contributed by atoms with E-state index in [1.54, 1.807) is 23.0 Å². The highest BCUT2D eigenvalue weighted by atomic mass is 32.1. The standard InChI is InChI=1S/C18H23N5O2S/c24-17(3-1-2-13-6-20-21-7-13)22-8-14-4-5-16(10-22)23(18(14)25)9-15-11-26-12-19-15/h6-7,11-12,14,16H,1-5,8-10H2,(H,20,21)/t14-,16+/m0/s1. The summed E-state index contributed by atoms with van der Waals surface area (Å²) in [6, 6.07) is 0.112. The second-order valence-electron chi connectivity index (χ2n) is 7.13. The van der Waals surface area contributed by atoms with Gasteiger partial charge in [-0.2, -0.15) is 5.10 Å². The van der Waals surface area contributed by atoms with Crippen LogP contribution in [0.15, 0.2) is 23.3 Å². The Morgan fingerprint density at radius 2 is 2.27 bits per heavy atom. The zero-order chi connectivity index (χ0) is 17.9. The average Bonchev–Trinajstić information content (AvgIpc) is 3.27. The van der Waals surface area contributed by atoms with E-state index in [2.05, 4.69) is 15.2 Å². The van der Waals surface area contributed by atoms with Gasteiger partial charge in [-0.15, -0.1) is 11.3 Å². The number of H-pyrrole nitrogens is 1. The van der Waals surface area contributed by atoms with Gasteiger partial charge in [-0.05, 0) is 31.2 Å². The van der Waals surface area contributed by atoms with Crippen LogP contribution >= 0.6 is 11.3 Å². The second kappa shape index (κ2) is 7.57. The van der Waals surface area contributed by atoms with Crippen LogP contribution in [0.2, 0.25) is 0 Å². The van der Waals surface area contributed by atoms with Crippen molar-refractivity contribution in [1.29, 1.82) is 0 Å². The molecule has 5 rings (SSSR count). The summed E-state index contributed by atoms with van der Waals surface area (Å²) in [5.41, 5.74) is 3.86. The maximum atomic E-state index is 12.8. The highest BCUT2D eigenvalue weighted by molar-refractivity contribution is 7.07. The summed E-state index contributed by atoms with van der Waals surface area (Å²) in [5.74, 6) is 0.279. The van der Waals surface area contributed by atoms with E-state index in [4.69, 9.17) is 0 Å². The van der Waals surface area contributed by atoms with E-state index in [0.29, 0.717) is 26.1 Å². The lowest BCUT2D eigenvalue weighted by Crippen LogP contribution is -2.47. The molecule has 3 aliphatic heterocycles. The number of piperidine rings is 1. The fraction of sp³-hybridized carbons (Fsp3) is 0.556. The van der Waals surface area contributed by atoms with Crippen LogP contribution in [0.25, 0.3) is 0 Å². The number of nitrogens with zero attached hydrogens (tertiary/aromatic N) is 4. The normalized spacial score (nSPS) is 22.7. The van der Waals surface area contributed by atoms with Gasteiger partial charge in [0.15, 0.2) is 0 Å². The van der Waals surface area contributed by atoms with E-state index in [9.17, 15) is 9.59 Å². The Hall–Kier alpha value is -2.22. The number of carbonyl (C=O) groups is 2. The van der Waals surface area contributed by atoms with E-state index >= 15 is 0 Å². The Balaban J connectivity index is 1.37. The van der Waals surface area contributed by atoms with E-state index in [1.807, 2.05) is 21.4 Å². The molecule has 7 nitrogen and oxygen atoms in total. The van der Waals surface area contributed by atoms with Crippen molar-refractivity contribution in [1.82, 2.24) is 25.0 Å². The van der Waals surface area contributed by atoms with Gasteiger partial charge in [0.2, 0.25) is 11.8 Å². The van der Waals surface area contributed by atoms with Crippen LogP contribution in [0.5, 0.6) is 0 Å². The van der Waals surface area contributed by atoms with Gasteiger partial charge in [0.1, 0.15) is 0 Å². The molecule has 5 heterocycles. The first-order valence-corrected chi connectivity index (χ1v) is 10.1. The highest BCUT2D eigenvalue weighted by Crippen LogP contribution is 2.30. The van der Waals surface area contributed by atoms with Crippen molar-refractivity contribution in [2.75, 3.05) is 13.1 Å². The third-order valence-electron chi connectivity index (χ3n) is 5.37. The minimum absolute atomic E-state index is 0.0646. The molecule has 0 spiro atoms. The van der Waals surface area contributed by atoms with E-state index in [-0.39, 0.29) is 23.8 Å². The first-order valence-electron chi connectivity index (χ1n) is 9.13. The molecule has 0 saturated carbocycles. The van der Waals surface area contributed by atoms with E-state index in [1.165, 1.54) is 0 Å². The molecule has 26 heavy (non-hydrogen) atoms. The van der Waals surface area contributed by atoms with Crippen molar-refractivity contribution in [3.05, 3.63) is 34.5 Å². The van der Waals surface area contributed by atoms with Crippen LogP contribution < -0.4 is 0 Å². The lowest BCUT2D eigenvalue weighted by molar-refractivity contribution is -0.140. The summed E-state index contributed by atoms with van der Waals surface area (Å²) < 4.78 is 0. The Kier molecular flexibility index (Phi) is 5.01. The lowest BCUT2D eigenvalue weighted by Gasteiger charge is -2.35. The molecular formula is C18H23N5O2S. The third kappa shape index (κ3) is 3.65. The molecule has 0 aliphatic carbocycles. The smallest absolute Gasteiger partial charge is 0.228 e. The molecule has 0 aromatic carbocycles. The number of thiazole rings is 1. The van der Waals surface area contributed by atoms with Crippen molar-refractivity contribution in [2.45, 2.75) is 44.7 Å². The maximum absolute atomic E-state index is 12.8. The number of rotatable bonds is 6. The summed E-state index contributed by atoms with van der Waals surface area (Å²) >= 11 is 1.55. The van der Waals surface area contributed by atoms with Crippen molar-refractivity contribution in [3.63, 3.8) is 0 Å². The fourth-order valence-electron chi connectivity index (χ4n) is 3.96. The van der Waals surface area contributed by atoms with Gasteiger partial charge in [0.05, 0.1) is 29.9 Å². The molecule has 2 amide bonds. The fourth-order valence-corrected chi connectivity index (χ4v) is 4.51. The molecule has 1 N–H and O–H groups in total. The molecule has 2 atom stereocenters. The summed E-state index contributed by atoms with van der Waals surface area (Å²) in [7, 11) is 0. The van der Waals surface area contributed by atoms with Gasteiger partial charge < -0.3 is 9.80 Å². The number of hydrogen-bond donors (Lipinski definition) is 1. The predicted molar refractivity (Wildman–Crippen MR) is 97.3 cm³/mol. The molecule has 2 aromatic heterocycles. The van der Waals surface area contributed by atoms with Gasteiger partial charge >= 0.3 is 0 Å². The molecule has 3 saturated heterocycles. The third-order valence-corrected chi connectivity index (χ3v) is 6.01. The van der Waals surface area contributed by atoms with Gasteiger partial charge in [-0.25, -0.2) is 4.98 Å². The molecule has 3 fully saturated rings. The Labute approximate surface area is 156 Å². The minimum Gasteiger partial charge on any atom is -0.340 e. The Morgan fingerprint density at radius 1 is 1.35 bits per heavy atom. The molecule has 2 bridgehead atoms. The predicted octanol–water partition coefficient (Wildman–Crippen LogP) is 1.84. The number of hydrogen-bond acceptors (Lipinski definition) is 5. The largest absolute Gasteiger partial charge is 0.340 e. The molecule has 138 valence electrons. The van der Waals surface area contributed by atoms with Crippen LogP contribution in [0.3, 0.4) is 0 Å². The van der Waals surface area contributed by atoms with E-state index < -0.39 is 0 Å². The minimum atomic E-state index is -0.0646. The van der Waals surface area contributed by atoms with Crippen LogP contribution in [0.4, 0.5) is 0 Å². The van der Waals surface area contributed by atoms with Crippen molar-refractivity contribution in [3.8, 4) is 0 Å². The number of aromatic amines is 1. The maximum Gasteiger partial charge on any atom is 0.228 e. The molecule has 0 radical (unpaired) electrons. The summed E-state index contributed by atoms with van der Waals surface area (Å²) in [6.45, 7) is 1.77. The number of amides is 2. The van der Waals surface area contributed by atoms with Crippen LogP contribution in [0.1, 0.15) is 36.9 Å². The molecule has 8 heteroatoms. The van der Waals surface area contributed by atoms with Crippen LogP contribution in [-0.2, 0) is 22.6 Å².